The van der Waals surface area contributed by atoms with Crippen molar-refractivity contribution in [1.29, 1.82) is 0 Å². The third-order valence-electron chi connectivity index (χ3n) is 0.852. The Balaban J connectivity index is -0.0000000965. The topological polar surface area (TPSA) is 12.0 Å². The van der Waals surface area contributed by atoms with Crippen LogP contribution in [-0.2, 0) is 0 Å². The highest BCUT2D eigenvalue weighted by molar-refractivity contribution is 7.80. The molecule has 0 heterocycles. The fourth-order valence-electron chi connectivity index (χ4n) is 0. The predicted octanol–water partition coefficient (Wildman–Crippen LogP) is 3.39. The number of unbranched alkanes of at least 4 members (excludes halogenated alkanes) is 1. The highest BCUT2D eigenvalue weighted by atomic mass is 32.1. The van der Waals surface area contributed by atoms with Gasteiger partial charge in [0, 0.05) is 7.05 Å². The fraction of sp³-hybridized carbons (Fsp3) is 0.889. The molecule has 1 nitrogen and oxygen atoms in total. The molecule has 0 spiro atoms. The van der Waals surface area contributed by atoms with E-state index in [2.05, 4.69) is 31.4 Å². The maximum Gasteiger partial charge on any atom is 0.0719 e. The third kappa shape index (κ3) is 73.7. The molecule has 0 radical (unpaired) electrons. The normalized spacial score (nSPS) is 6.36. The molecule has 11 heavy (non-hydrogen) atoms. The summed E-state index contributed by atoms with van der Waals surface area (Å²) in [6.07, 6.45) is 2.64. The Morgan fingerprint density at radius 1 is 1.18 bits per heavy atom. The lowest BCUT2D eigenvalue weighted by Crippen LogP contribution is -2.09. The molecule has 0 aliphatic rings. The van der Waals surface area contributed by atoms with Crippen molar-refractivity contribution in [3.63, 3.8) is 0 Å². The third-order valence-corrected chi connectivity index (χ3v) is 1.06. The van der Waals surface area contributed by atoms with Crippen LogP contribution >= 0.6 is 12.2 Å². The molecule has 0 atom stereocenters. The minimum Gasteiger partial charge on any atom is -0.383 e. The molecule has 0 fully saturated rings. The smallest absolute Gasteiger partial charge is 0.0719 e. The molecule has 2 heteroatoms. The van der Waals surface area contributed by atoms with Crippen molar-refractivity contribution >= 4 is 17.2 Å². The second-order valence-corrected chi connectivity index (χ2v) is 2.42. The molecule has 70 valence electrons. The van der Waals surface area contributed by atoms with Gasteiger partial charge in [0.2, 0.25) is 0 Å². The van der Waals surface area contributed by atoms with Crippen molar-refractivity contribution in [3.8, 4) is 0 Å². The number of thiocarbonyl (C=S) groups is 1. The van der Waals surface area contributed by atoms with Crippen molar-refractivity contribution in [2.75, 3.05) is 7.05 Å². The summed E-state index contributed by atoms with van der Waals surface area (Å²) in [7, 11) is 1.81. The van der Waals surface area contributed by atoms with Crippen molar-refractivity contribution < 1.29 is 0 Å². The van der Waals surface area contributed by atoms with Crippen LogP contribution in [0.3, 0.4) is 0 Å². The summed E-state index contributed by atoms with van der Waals surface area (Å²) < 4.78 is 0. The molecule has 0 aromatic carbocycles. The molecular weight excluding hydrogens is 154 g/mol. The van der Waals surface area contributed by atoms with E-state index in [1.165, 1.54) is 12.8 Å². The van der Waals surface area contributed by atoms with Crippen LogP contribution in [0.5, 0.6) is 0 Å². The van der Waals surface area contributed by atoms with Gasteiger partial charge in [0.25, 0.3) is 0 Å². The van der Waals surface area contributed by atoms with Crippen molar-refractivity contribution in [1.82, 2.24) is 5.32 Å². The van der Waals surface area contributed by atoms with Crippen LogP contribution in [0.1, 0.15) is 47.5 Å². The average molecular weight is 177 g/mol. The monoisotopic (exact) mass is 177 g/mol. The van der Waals surface area contributed by atoms with Crippen LogP contribution in [0.4, 0.5) is 0 Å². The Labute approximate surface area is 77.6 Å². The van der Waals surface area contributed by atoms with Gasteiger partial charge in [-0.25, -0.2) is 0 Å². The second kappa shape index (κ2) is 22.5. The number of hydrogen-bond donors (Lipinski definition) is 1. The van der Waals surface area contributed by atoms with Gasteiger partial charge in [-0.2, -0.15) is 0 Å². The standard InChI is InChI=1S/C4H10.C3H7NS.C2H6/c1-3-4-2;1-3(5)4-2;1-2/h3-4H2,1-2H3;1-2H3,(H,4,5);1-2H3. The molecule has 0 aromatic heterocycles. The number of rotatable bonds is 1. The minimum absolute atomic E-state index is 0.838. The van der Waals surface area contributed by atoms with Crippen LogP contribution in [0.15, 0.2) is 0 Å². The molecule has 1 N–H and O–H groups in total. The van der Waals surface area contributed by atoms with Gasteiger partial charge in [0.15, 0.2) is 0 Å². The number of hydrogen-bond acceptors (Lipinski definition) is 1. The predicted molar refractivity (Wildman–Crippen MR) is 59.3 cm³/mol. The van der Waals surface area contributed by atoms with Gasteiger partial charge in [-0.15, -0.1) is 0 Å². The van der Waals surface area contributed by atoms with Gasteiger partial charge in [-0.3, -0.25) is 0 Å². The fourth-order valence-corrected chi connectivity index (χ4v) is 0. The number of nitrogens with one attached hydrogen (secondary N) is 1. The molecule has 0 unspecified atom stereocenters. The first kappa shape index (κ1) is 17.1. The summed E-state index contributed by atoms with van der Waals surface area (Å²) >= 11 is 4.59. The van der Waals surface area contributed by atoms with E-state index < -0.39 is 0 Å². The van der Waals surface area contributed by atoms with Crippen molar-refractivity contribution in [2.24, 2.45) is 0 Å². The Hall–Kier alpha value is -0.110. The zero-order valence-electron chi connectivity index (χ0n) is 8.82. The molecule has 0 aliphatic heterocycles. The first-order valence-corrected chi connectivity index (χ1v) is 4.78. The van der Waals surface area contributed by atoms with Crippen molar-refractivity contribution in [2.45, 2.75) is 47.5 Å². The summed E-state index contributed by atoms with van der Waals surface area (Å²) in [5.41, 5.74) is 0. The van der Waals surface area contributed by atoms with E-state index in [1.807, 2.05) is 27.8 Å². The van der Waals surface area contributed by atoms with Gasteiger partial charge in [0.1, 0.15) is 0 Å². The Bertz CT molecular complexity index is 60.6. The van der Waals surface area contributed by atoms with Crippen LogP contribution in [0.2, 0.25) is 0 Å². The van der Waals surface area contributed by atoms with E-state index in [-0.39, 0.29) is 0 Å². The largest absolute Gasteiger partial charge is 0.383 e. The Morgan fingerprint density at radius 3 is 1.36 bits per heavy atom. The molecule has 0 bridgehead atoms. The van der Waals surface area contributed by atoms with E-state index >= 15 is 0 Å². The van der Waals surface area contributed by atoms with E-state index in [4.69, 9.17) is 0 Å². The zero-order chi connectivity index (χ0) is 9.70. The van der Waals surface area contributed by atoms with Crippen LogP contribution < -0.4 is 5.32 Å². The van der Waals surface area contributed by atoms with Gasteiger partial charge in [-0.1, -0.05) is 52.8 Å². The lowest BCUT2D eigenvalue weighted by molar-refractivity contribution is 0.886. The van der Waals surface area contributed by atoms with E-state index in [0.29, 0.717) is 0 Å². The summed E-state index contributed by atoms with van der Waals surface area (Å²) in [6, 6.07) is 0. The minimum atomic E-state index is 0.838. The zero-order valence-corrected chi connectivity index (χ0v) is 9.64. The van der Waals surface area contributed by atoms with Gasteiger partial charge < -0.3 is 5.32 Å². The molecule has 0 saturated heterocycles. The van der Waals surface area contributed by atoms with E-state index in [1.54, 1.807) is 0 Å². The molecule has 0 amide bonds. The highest BCUT2D eigenvalue weighted by Gasteiger charge is 1.66. The Kier molecular flexibility index (Phi) is 35.0. The Morgan fingerprint density at radius 2 is 1.36 bits per heavy atom. The van der Waals surface area contributed by atoms with Gasteiger partial charge in [-0.05, 0) is 6.92 Å². The summed E-state index contributed by atoms with van der Waals surface area (Å²) in [6.45, 7) is 10.2. The first-order chi connectivity index (χ1) is 5.18. The molecule has 0 saturated carbocycles. The van der Waals surface area contributed by atoms with Gasteiger partial charge >= 0.3 is 0 Å². The molecule has 0 aromatic rings. The van der Waals surface area contributed by atoms with E-state index in [9.17, 15) is 0 Å². The average Bonchev–Trinajstić information content (AvgIpc) is 2.08. The summed E-state index contributed by atoms with van der Waals surface area (Å²) in [4.78, 5) is 0.838. The van der Waals surface area contributed by atoms with Crippen molar-refractivity contribution in [3.05, 3.63) is 0 Å². The van der Waals surface area contributed by atoms with Crippen LogP contribution in [0, 0.1) is 0 Å². The summed E-state index contributed by atoms with van der Waals surface area (Å²) in [5, 5.41) is 2.76. The lowest BCUT2D eigenvalue weighted by atomic mass is 10.4. The maximum atomic E-state index is 4.59. The van der Waals surface area contributed by atoms with Crippen LogP contribution in [0.25, 0.3) is 0 Å². The SMILES string of the molecule is CC.CCCC.CNC(C)=S. The second-order valence-electron chi connectivity index (χ2n) is 1.81. The maximum absolute atomic E-state index is 4.59. The quantitative estimate of drug-likeness (QED) is 0.616. The first-order valence-electron chi connectivity index (χ1n) is 4.37. The highest BCUT2D eigenvalue weighted by Crippen LogP contribution is 1.76. The lowest BCUT2D eigenvalue weighted by Gasteiger charge is -1.84. The molecular formula is C9H23NS. The van der Waals surface area contributed by atoms with Gasteiger partial charge in [0.05, 0.1) is 4.99 Å². The molecule has 0 aliphatic carbocycles. The summed E-state index contributed by atoms with van der Waals surface area (Å²) in [5.74, 6) is 0. The van der Waals surface area contributed by atoms with E-state index in [0.717, 1.165) is 4.99 Å². The van der Waals surface area contributed by atoms with Crippen LogP contribution in [-0.4, -0.2) is 12.0 Å². The molecule has 0 rings (SSSR count).